The lowest BCUT2D eigenvalue weighted by molar-refractivity contribution is 0.0306. The fraction of sp³-hybridized carbons (Fsp3) is 0.409. The van der Waals surface area contributed by atoms with Gasteiger partial charge in [-0.2, -0.15) is 5.10 Å². The highest BCUT2D eigenvalue weighted by Crippen LogP contribution is 2.42. The molecule has 2 bridgehead atoms. The van der Waals surface area contributed by atoms with Gasteiger partial charge in [0, 0.05) is 37.8 Å². The standard InChI is InChI=1S/C22H26N4O2S2/c1-25-21(13-20(24-25)22-8-5-11-29-22)19-15-26-10-9-16(19)12-17(26)14-23-30(27,28)18-6-3-2-4-7-18/h2-8,11,13,16-17,19,23H,9-10,12,14-15H2,1H3/t16-,17+,19-/m0/s1. The molecule has 3 aliphatic rings. The van der Waals surface area contributed by atoms with E-state index in [-0.39, 0.29) is 6.04 Å². The zero-order chi connectivity index (χ0) is 20.7. The Labute approximate surface area is 181 Å². The lowest BCUT2D eigenvalue weighted by Crippen LogP contribution is -2.56. The highest BCUT2D eigenvalue weighted by atomic mass is 32.2. The van der Waals surface area contributed by atoms with Gasteiger partial charge in [0.15, 0.2) is 0 Å². The van der Waals surface area contributed by atoms with E-state index in [2.05, 4.69) is 33.2 Å². The molecule has 3 fully saturated rings. The third-order valence-electron chi connectivity index (χ3n) is 6.51. The van der Waals surface area contributed by atoms with Crippen LogP contribution in [0.3, 0.4) is 0 Å². The van der Waals surface area contributed by atoms with Crippen molar-refractivity contribution in [1.82, 2.24) is 19.4 Å². The first kappa shape index (κ1) is 19.9. The second-order valence-corrected chi connectivity index (χ2v) is 11.0. The molecule has 0 saturated carbocycles. The number of benzene rings is 1. The molecule has 0 amide bonds. The molecule has 6 nitrogen and oxygen atoms in total. The first-order valence-corrected chi connectivity index (χ1v) is 12.7. The van der Waals surface area contributed by atoms with Gasteiger partial charge in [0.05, 0.1) is 9.77 Å². The molecule has 30 heavy (non-hydrogen) atoms. The number of nitrogens with one attached hydrogen (secondary N) is 1. The molecule has 8 heteroatoms. The van der Waals surface area contributed by atoms with Crippen LogP contribution >= 0.6 is 11.3 Å². The van der Waals surface area contributed by atoms with Crippen molar-refractivity contribution in [1.29, 1.82) is 0 Å². The predicted molar refractivity (Wildman–Crippen MR) is 119 cm³/mol. The van der Waals surface area contributed by atoms with Crippen LogP contribution in [0.25, 0.3) is 10.6 Å². The Kier molecular flexibility index (Phi) is 5.26. The summed E-state index contributed by atoms with van der Waals surface area (Å²) in [6.07, 6.45) is 2.17. The van der Waals surface area contributed by atoms with Crippen LogP contribution in [0.15, 0.2) is 58.8 Å². The largest absolute Gasteiger partial charge is 0.298 e. The summed E-state index contributed by atoms with van der Waals surface area (Å²) < 4.78 is 30.0. The number of nitrogens with zero attached hydrogens (tertiary/aromatic N) is 3. The Bertz CT molecular complexity index is 1110. The smallest absolute Gasteiger partial charge is 0.240 e. The van der Waals surface area contributed by atoms with Gasteiger partial charge in [-0.3, -0.25) is 9.58 Å². The molecule has 0 aliphatic carbocycles. The molecule has 0 spiro atoms. The van der Waals surface area contributed by atoms with E-state index in [0.29, 0.717) is 23.3 Å². The molecule has 4 atom stereocenters. The molecular weight excluding hydrogens is 416 g/mol. The van der Waals surface area contributed by atoms with Crippen LogP contribution < -0.4 is 4.72 Å². The summed E-state index contributed by atoms with van der Waals surface area (Å²) >= 11 is 1.72. The third kappa shape index (κ3) is 3.73. The van der Waals surface area contributed by atoms with Gasteiger partial charge in [0.25, 0.3) is 0 Å². The van der Waals surface area contributed by atoms with Crippen molar-refractivity contribution >= 4 is 21.4 Å². The number of rotatable bonds is 6. The Hall–Kier alpha value is -2.00. The predicted octanol–water partition coefficient (Wildman–Crippen LogP) is 3.30. The summed E-state index contributed by atoms with van der Waals surface area (Å²) in [7, 11) is -1.42. The van der Waals surface area contributed by atoms with E-state index in [9.17, 15) is 8.42 Å². The molecular formula is C22H26N4O2S2. The van der Waals surface area contributed by atoms with Gasteiger partial charge in [-0.15, -0.1) is 11.3 Å². The van der Waals surface area contributed by atoms with Crippen molar-refractivity contribution in [3.63, 3.8) is 0 Å². The Morgan fingerprint density at radius 1 is 1.20 bits per heavy atom. The Morgan fingerprint density at radius 3 is 2.73 bits per heavy atom. The summed E-state index contributed by atoms with van der Waals surface area (Å²) in [5.41, 5.74) is 2.34. The molecule has 158 valence electrons. The molecule has 1 unspecified atom stereocenters. The van der Waals surface area contributed by atoms with E-state index in [1.165, 1.54) is 10.6 Å². The lowest BCUT2D eigenvalue weighted by atomic mass is 9.74. The summed E-state index contributed by atoms with van der Waals surface area (Å²) in [6.45, 7) is 2.46. The SMILES string of the molecule is Cn1nc(-c2cccs2)cc1[C@H]1CN2CC[C@H]1C[C@@H]2CNS(=O)(=O)c1ccccc1. The average molecular weight is 443 g/mol. The van der Waals surface area contributed by atoms with Crippen LogP contribution in [0, 0.1) is 5.92 Å². The zero-order valence-corrected chi connectivity index (χ0v) is 18.6. The summed E-state index contributed by atoms with van der Waals surface area (Å²) in [6, 6.07) is 15.3. The van der Waals surface area contributed by atoms with Crippen molar-refractivity contribution in [3.05, 3.63) is 59.6 Å². The first-order valence-electron chi connectivity index (χ1n) is 10.4. The fourth-order valence-corrected chi connectivity index (χ4v) is 6.72. The van der Waals surface area contributed by atoms with E-state index in [0.717, 1.165) is 31.6 Å². The minimum atomic E-state index is -3.46. The molecule has 5 heterocycles. The number of fused-ring (bicyclic) bond motifs is 3. The molecule has 3 aromatic rings. The number of hydrogen-bond acceptors (Lipinski definition) is 5. The molecule has 1 N–H and O–H groups in total. The van der Waals surface area contributed by atoms with E-state index >= 15 is 0 Å². The van der Waals surface area contributed by atoms with Crippen LogP contribution in [0.2, 0.25) is 0 Å². The maximum atomic E-state index is 12.6. The minimum absolute atomic E-state index is 0.253. The van der Waals surface area contributed by atoms with E-state index in [1.807, 2.05) is 17.8 Å². The Morgan fingerprint density at radius 2 is 2.03 bits per heavy atom. The fourth-order valence-electron chi connectivity index (χ4n) is 4.95. The summed E-state index contributed by atoms with van der Waals surface area (Å²) in [5, 5.41) is 6.83. The molecule has 3 aliphatic heterocycles. The monoisotopic (exact) mass is 442 g/mol. The van der Waals surface area contributed by atoms with Crippen LogP contribution in [0.1, 0.15) is 24.5 Å². The van der Waals surface area contributed by atoms with Crippen molar-refractivity contribution in [2.45, 2.75) is 29.7 Å². The minimum Gasteiger partial charge on any atom is -0.298 e. The van der Waals surface area contributed by atoms with Crippen molar-refractivity contribution < 1.29 is 8.42 Å². The van der Waals surface area contributed by atoms with Crippen molar-refractivity contribution in [2.75, 3.05) is 19.6 Å². The van der Waals surface area contributed by atoms with Crippen LogP contribution in [-0.4, -0.2) is 48.8 Å². The van der Waals surface area contributed by atoms with Gasteiger partial charge in [0.2, 0.25) is 10.0 Å². The van der Waals surface area contributed by atoms with E-state index < -0.39 is 10.0 Å². The highest BCUT2D eigenvalue weighted by Gasteiger charge is 2.42. The van der Waals surface area contributed by atoms with Gasteiger partial charge in [0.1, 0.15) is 5.69 Å². The number of sulfonamides is 1. The van der Waals surface area contributed by atoms with Crippen molar-refractivity contribution in [2.24, 2.45) is 13.0 Å². The quantitative estimate of drug-likeness (QED) is 0.636. The topological polar surface area (TPSA) is 67.2 Å². The molecule has 6 rings (SSSR count). The Balaban J connectivity index is 1.28. The van der Waals surface area contributed by atoms with Gasteiger partial charge in [-0.25, -0.2) is 13.1 Å². The van der Waals surface area contributed by atoms with Crippen LogP contribution in [0.4, 0.5) is 0 Å². The van der Waals surface area contributed by atoms with Crippen LogP contribution in [-0.2, 0) is 17.1 Å². The zero-order valence-electron chi connectivity index (χ0n) is 16.9. The molecule has 1 aromatic carbocycles. The number of aromatic nitrogens is 2. The highest BCUT2D eigenvalue weighted by molar-refractivity contribution is 7.89. The van der Waals surface area contributed by atoms with Gasteiger partial charge >= 0.3 is 0 Å². The number of aryl methyl sites for hydroxylation is 1. The molecule has 0 radical (unpaired) electrons. The van der Waals surface area contributed by atoms with Gasteiger partial charge in [-0.05, 0) is 54.9 Å². The van der Waals surface area contributed by atoms with Gasteiger partial charge < -0.3 is 0 Å². The first-order chi connectivity index (χ1) is 14.5. The maximum absolute atomic E-state index is 12.6. The molecule has 2 aromatic heterocycles. The maximum Gasteiger partial charge on any atom is 0.240 e. The second-order valence-electron chi connectivity index (χ2n) is 8.26. The van der Waals surface area contributed by atoms with Crippen LogP contribution in [0.5, 0.6) is 0 Å². The van der Waals surface area contributed by atoms with E-state index in [4.69, 9.17) is 5.10 Å². The normalized spacial score (nSPS) is 26.2. The lowest BCUT2D eigenvalue weighted by Gasteiger charge is -2.49. The number of thiophene rings is 1. The number of piperidine rings is 3. The number of hydrogen-bond donors (Lipinski definition) is 1. The molecule has 3 saturated heterocycles. The van der Waals surface area contributed by atoms with Gasteiger partial charge in [-0.1, -0.05) is 24.3 Å². The average Bonchev–Trinajstić information content (AvgIpc) is 3.43. The van der Waals surface area contributed by atoms with E-state index in [1.54, 1.807) is 35.6 Å². The van der Waals surface area contributed by atoms with Crippen molar-refractivity contribution in [3.8, 4) is 10.6 Å². The third-order valence-corrected chi connectivity index (χ3v) is 8.84. The summed E-state index contributed by atoms with van der Waals surface area (Å²) in [4.78, 5) is 3.98. The second kappa shape index (κ2) is 7.92. The summed E-state index contributed by atoms with van der Waals surface area (Å²) in [5.74, 6) is 1.01.